The summed E-state index contributed by atoms with van der Waals surface area (Å²) in [6.45, 7) is 4.20. The minimum Gasteiger partial charge on any atom is -0.356 e. The molecule has 0 unspecified atom stereocenters. The number of pyridine rings is 2. The molecule has 0 aliphatic carbocycles. The van der Waals surface area contributed by atoms with Crippen molar-refractivity contribution in [3.8, 4) is 0 Å². The molecule has 0 bridgehead atoms. The van der Waals surface area contributed by atoms with Crippen molar-refractivity contribution in [2.24, 2.45) is 4.99 Å². The van der Waals surface area contributed by atoms with Gasteiger partial charge < -0.3 is 20.4 Å². The second-order valence-corrected chi connectivity index (χ2v) is 6.48. The largest absolute Gasteiger partial charge is 0.356 e. The highest BCUT2D eigenvalue weighted by Gasteiger charge is 2.21. The number of amides is 1. The number of aliphatic imine (C=N–C) groups is 1. The van der Waals surface area contributed by atoms with Gasteiger partial charge in [-0.15, -0.1) is 24.0 Å². The number of piperazine rings is 1. The molecule has 0 spiro atoms. The number of nitrogens with one attached hydrogen (secondary N) is 2. The Labute approximate surface area is 188 Å². The molecule has 1 fully saturated rings. The van der Waals surface area contributed by atoms with Crippen molar-refractivity contribution in [1.82, 2.24) is 25.5 Å². The second kappa shape index (κ2) is 12.2. The molecule has 3 rings (SSSR count). The lowest BCUT2D eigenvalue weighted by Crippen LogP contribution is -2.49. The number of guanidine groups is 1. The fourth-order valence-corrected chi connectivity index (χ4v) is 3.07. The molecule has 1 aliphatic heterocycles. The first-order valence-electron chi connectivity index (χ1n) is 9.54. The van der Waals surface area contributed by atoms with Gasteiger partial charge in [-0.1, -0.05) is 12.1 Å². The maximum absolute atomic E-state index is 12.5. The van der Waals surface area contributed by atoms with Crippen molar-refractivity contribution in [2.75, 3.05) is 44.7 Å². The highest BCUT2D eigenvalue weighted by atomic mass is 127. The van der Waals surface area contributed by atoms with Gasteiger partial charge in [0.15, 0.2) is 5.96 Å². The lowest BCUT2D eigenvalue weighted by atomic mass is 10.2. The van der Waals surface area contributed by atoms with Crippen molar-refractivity contribution < 1.29 is 4.79 Å². The molecule has 156 valence electrons. The Morgan fingerprint density at radius 1 is 1.03 bits per heavy atom. The molecule has 1 aliphatic rings. The maximum atomic E-state index is 12.5. The highest BCUT2D eigenvalue weighted by molar-refractivity contribution is 14.0. The normalized spacial score (nSPS) is 14.2. The standard InChI is InChI=1S/C20H27N7O.HI/c1-21-20(25-16-17-6-2-4-9-22-17)24-11-8-19(28)27-14-12-26(13-15-27)18-7-3-5-10-23-18;/h2-7,9-10H,8,11-16H2,1H3,(H2,21,24,25);1H. The van der Waals surface area contributed by atoms with Crippen LogP contribution >= 0.6 is 24.0 Å². The summed E-state index contributed by atoms with van der Waals surface area (Å²) in [5.41, 5.74) is 0.937. The molecule has 29 heavy (non-hydrogen) atoms. The van der Waals surface area contributed by atoms with E-state index in [9.17, 15) is 4.79 Å². The quantitative estimate of drug-likeness (QED) is 0.349. The van der Waals surface area contributed by atoms with Gasteiger partial charge in [-0.3, -0.25) is 14.8 Å². The monoisotopic (exact) mass is 509 g/mol. The third kappa shape index (κ3) is 7.15. The van der Waals surface area contributed by atoms with E-state index in [0.29, 0.717) is 25.5 Å². The van der Waals surface area contributed by atoms with Crippen LogP contribution in [-0.4, -0.2) is 66.5 Å². The summed E-state index contributed by atoms with van der Waals surface area (Å²) in [7, 11) is 1.71. The van der Waals surface area contributed by atoms with Gasteiger partial charge in [-0.05, 0) is 24.3 Å². The molecule has 9 heteroatoms. The first-order chi connectivity index (χ1) is 13.8. The number of aromatic nitrogens is 2. The third-order valence-electron chi connectivity index (χ3n) is 4.62. The van der Waals surface area contributed by atoms with Crippen LogP contribution in [0.25, 0.3) is 0 Å². The number of carbonyl (C=O) groups excluding carboxylic acids is 1. The molecule has 8 nitrogen and oxygen atoms in total. The summed E-state index contributed by atoms with van der Waals surface area (Å²) in [6, 6.07) is 11.7. The van der Waals surface area contributed by atoms with Crippen LogP contribution in [0.15, 0.2) is 53.8 Å². The van der Waals surface area contributed by atoms with Crippen molar-refractivity contribution in [3.63, 3.8) is 0 Å². The third-order valence-corrected chi connectivity index (χ3v) is 4.62. The second-order valence-electron chi connectivity index (χ2n) is 6.48. The number of rotatable bonds is 6. The molecule has 1 saturated heterocycles. The van der Waals surface area contributed by atoms with Gasteiger partial charge >= 0.3 is 0 Å². The summed E-state index contributed by atoms with van der Waals surface area (Å²) in [5, 5.41) is 6.39. The molecule has 0 aromatic carbocycles. The number of hydrogen-bond donors (Lipinski definition) is 2. The van der Waals surface area contributed by atoms with E-state index in [4.69, 9.17) is 0 Å². The van der Waals surface area contributed by atoms with Crippen LogP contribution in [0.4, 0.5) is 5.82 Å². The van der Waals surface area contributed by atoms with Gasteiger partial charge in [-0.25, -0.2) is 4.98 Å². The lowest BCUT2D eigenvalue weighted by molar-refractivity contribution is -0.131. The predicted molar refractivity (Wildman–Crippen MR) is 126 cm³/mol. The highest BCUT2D eigenvalue weighted by Crippen LogP contribution is 2.12. The lowest BCUT2D eigenvalue weighted by Gasteiger charge is -2.35. The van der Waals surface area contributed by atoms with E-state index in [0.717, 1.165) is 37.7 Å². The van der Waals surface area contributed by atoms with E-state index in [-0.39, 0.29) is 29.9 Å². The van der Waals surface area contributed by atoms with Crippen LogP contribution in [0.2, 0.25) is 0 Å². The zero-order valence-corrected chi connectivity index (χ0v) is 19.0. The molecule has 3 heterocycles. The van der Waals surface area contributed by atoms with E-state index in [1.54, 1.807) is 19.4 Å². The summed E-state index contributed by atoms with van der Waals surface area (Å²) in [5.74, 6) is 1.80. The minimum atomic E-state index is 0. The molecule has 2 aromatic heterocycles. The van der Waals surface area contributed by atoms with Gasteiger partial charge in [0.05, 0.1) is 12.2 Å². The van der Waals surface area contributed by atoms with Crippen LogP contribution in [0.3, 0.4) is 0 Å². The van der Waals surface area contributed by atoms with Crippen LogP contribution < -0.4 is 15.5 Å². The van der Waals surface area contributed by atoms with Crippen molar-refractivity contribution in [3.05, 3.63) is 54.5 Å². The van der Waals surface area contributed by atoms with Crippen LogP contribution in [0.5, 0.6) is 0 Å². The van der Waals surface area contributed by atoms with E-state index in [1.807, 2.05) is 41.3 Å². The van der Waals surface area contributed by atoms with Gasteiger partial charge in [0.2, 0.25) is 5.91 Å². The minimum absolute atomic E-state index is 0. The molecular weight excluding hydrogens is 481 g/mol. The SMILES string of the molecule is CN=C(NCCC(=O)N1CCN(c2ccccn2)CC1)NCc1ccccn1.I. The number of hydrogen-bond acceptors (Lipinski definition) is 5. The van der Waals surface area contributed by atoms with Gasteiger partial charge in [0.25, 0.3) is 0 Å². The predicted octanol–water partition coefficient (Wildman–Crippen LogP) is 1.50. The van der Waals surface area contributed by atoms with Gasteiger partial charge in [0, 0.05) is 58.6 Å². The van der Waals surface area contributed by atoms with Crippen LogP contribution in [-0.2, 0) is 11.3 Å². The molecule has 0 radical (unpaired) electrons. The molecule has 0 atom stereocenters. The first kappa shape index (κ1) is 22.9. The summed E-state index contributed by atoms with van der Waals surface area (Å²) in [4.78, 5) is 29.4. The number of anilines is 1. The van der Waals surface area contributed by atoms with Crippen molar-refractivity contribution >= 4 is 41.7 Å². The summed E-state index contributed by atoms with van der Waals surface area (Å²) >= 11 is 0. The smallest absolute Gasteiger partial charge is 0.224 e. The van der Waals surface area contributed by atoms with E-state index in [2.05, 4.69) is 30.5 Å². The Morgan fingerprint density at radius 2 is 1.76 bits per heavy atom. The fourth-order valence-electron chi connectivity index (χ4n) is 3.07. The maximum Gasteiger partial charge on any atom is 0.224 e. The first-order valence-corrected chi connectivity index (χ1v) is 9.54. The average molecular weight is 509 g/mol. The topological polar surface area (TPSA) is 85.8 Å². The fraction of sp³-hybridized carbons (Fsp3) is 0.400. The van der Waals surface area contributed by atoms with E-state index in [1.165, 1.54) is 0 Å². The van der Waals surface area contributed by atoms with Crippen LogP contribution in [0, 0.1) is 0 Å². The Bertz CT molecular complexity index is 765. The Hall–Kier alpha value is -2.43. The Balaban J connectivity index is 0.00000300. The van der Waals surface area contributed by atoms with Crippen molar-refractivity contribution in [1.29, 1.82) is 0 Å². The van der Waals surface area contributed by atoms with E-state index >= 15 is 0 Å². The van der Waals surface area contributed by atoms with Gasteiger partial charge in [-0.2, -0.15) is 0 Å². The number of carbonyl (C=O) groups is 1. The van der Waals surface area contributed by atoms with Crippen LogP contribution in [0.1, 0.15) is 12.1 Å². The zero-order valence-electron chi connectivity index (χ0n) is 16.6. The molecule has 0 saturated carbocycles. The van der Waals surface area contributed by atoms with E-state index < -0.39 is 0 Å². The summed E-state index contributed by atoms with van der Waals surface area (Å²) in [6.07, 6.45) is 4.00. The molecule has 2 N–H and O–H groups in total. The molecule has 1 amide bonds. The molecule has 2 aromatic rings. The summed E-state index contributed by atoms with van der Waals surface area (Å²) < 4.78 is 0. The average Bonchev–Trinajstić information content (AvgIpc) is 2.77. The number of halogens is 1. The Kier molecular flexibility index (Phi) is 9.62. The van der Waals surface area contributed by atoms with Gasteiger partial charge in [0.1, 0.15) is 5.82 Å². The Morgan fingerprint density at radius 3 is 2.38 bits per heavy atom. The molecular formula is C20H28IN7O. The van der Waals surface area contributed by atoms with Crippen molar-refractivity contribution in [2.45, 2.75) is 13.0 Å². The zero-order chi connectivity index (χ0) is 19.6. The number of nitrogens with zero attached hydrogens (tertiary/aromatic N) is 5.